The molecule has 35 heavy (non-hydrogen) atoms. The smallest absolute Gasteiger partial charge is 0.363 e. The van der Waals surface area contributed by atoms with Crippen molar-refractivity contribution in [1.29, 1.82) is 0 Å². The van der Waals surface area contributed by atoms with E-state index in [0.717, 1.165) is 54.0 Å². The number of rotatable bonds is 3. The van der Waals surface area contributed by atoms with Gasteiger partial charge in [-0.2, -0.15) is 18.0 Å². The summed E-state index contributed by atoms with van der Waals surface area (Å²) in [4.78, 5) is 21.2. The molecule has 0 bridgehead atoms. The number of anilines is 1. The predicted octanol–water partition coefficient (Wildman–Crippen LogP) is 3.73. The highest BCUT2D eigenvalue weighted by Gasteiger charge is 2.43. The molecule has 0 radical (unpaired) electrons. The molecule has 3 aromatic rings. The Morgan fingerprint density at radius 1 is 1.20 bits per heavy atom. The molecule has 1 N–H and O–H groups in total. The molecule has 0 unspecified atom stereocenters. The number of nitrogens with one attached hydrogen (secondary N) is 1. The van der Waals surface area contributed by atoms with Gasteiger partial charge in [-0.05, 0) is 67.6 Å². The standard InChI is InChI=1S/C24H26F3N7O/c1-14(16-4-6-18(7-5-16)24(25,26)27)22(35)34-11-10-23(13-34)9-8-17-12-19(15(2)28-20(17)29-23)21-30-32-33(3)31-21/h4-7,12,14H,8-11,13H2,1-3H3,(H,28,29)/t14-,23+/m1/s1. The zero-order chi connectivity index (χ0) is 25.0. The highest BCUT2D eigenvalue weighted by Crippen LogP contribution is 2.39. The molecule has 2 aliphatic heterocycles. The Morgan fingerprint density at radius 2 is 1.94 bits per heavy atom. The van der Waals surface area contributed by atoms with E-state index in [9.17, 15) is 18.0 Å². The molecule has 2 atom stereocenters. The summed E-state index contributed by atoms with van der Waals surface area (Å²) in [6.45, 7) is 4.77. The number of hydrogen-bond acceptors (Lipinski definition) is 6. The van der Waals surface area contributed by atoms with Crippen LogP contribution in [0, 0.1) is 6.92 Å². The fourth-order valence-corrected chi connectivity index (χ4v) is 5.00. The lowest BCUT2D eigenvalue weighted by molar-refractivity contribution is -0.137. The van der Waals surface area contributed by atoms with Crippen molar-refractivity contribution in [3.05, 3.63) is 52.7 Å². The average Bonchev–Trinajstić information content (AvgIpc) is 3.43. The summed E-state index contributed by atoms with van der Waals surface area (Å²) in [5.74, 6) is 0.745. The first-order chi connectivity index (χ1) is 16.5. The first kappa shape index (κ1) is 23.3. The van der Waals surface area contributed by atoms with E-state index >= 15 is 0 Å². The van der Waals surface area contributed by atoms with Crippen LogP contribution in [0.15, 0.2) is 30.3 Å². The SMILES string of the molecule is Cc1nc2c(cc1-c1nnn(C)n1)CC[C@@]1(CCN(C(=O)[C@H](C)c3ccc(C(F)(F)F)cc3)C1)N2. The molecule has 5 rings (SSSR count). The lowest BCUT2D eigenvalue weighted by Crippen LogP contribution is -2.46. The summed E-state index contributed by atoms with van der Waals surface area (Å²) in [5, 5.41) is 15.9. The zero-order valence-electron chi connectivity index (χ0n) is 19.7. The van der Waals surface area contributed by atoms with Gasteiger partial charge >= 0.3 is 6.18 Å². The summed E-state index contributed by atoms with van der Waals surface area (Å²) in [6.07, 6.45) is -1.96. The number of likely N-dealkylation sites (tertiary alicyclic amines) is 1. The maximum atomic E-state index is 13.2. The van der Waals surface area contributed by atoms with E-state index < -0.39 is 17.7 Å². The van der Waals surface area contributed by atoms with Gasteiger partial charge in [-0.1, -0.05) is 12.1 Å². The number of aromatic nitrogens is 5. The van der Waals surface area contributed by atoms with E-state index in [-0.39, 0.29) is 11.4 Å². The second kappa shape index (κ2) is 8.31. The minimum absolute atomic E-state index is 0.0811. The molecule has 1 fully saturated rings. The van der Waals surface area contributed by atoms with Crippen LogP contribution in [0.3, 0.4) is 0 Å². The van der Waals surface area contributed by atoms with Gasteiger partial charge in [0.25, 0.3) is 0 Å². The third-order valence-corrected chi connectivity index (χ3v) is 7.07. The number of alkyl halides is 3. The average molecular weight is 486 g/mol. The summed E-state index contributed by atoms with van der Waals surface area (Å²) in [5.41, 5.74) is 2.31. The summed E-state index contributed by atoms with van der Waals surface area (Å²) >= 11 is 0. The van der Waals surface area contributed by atoms with Crippen molar-refractivity contribution < 1.29 is 18.0 Å². The van der Waals surface area contributed by atoms with Crippen LogP contribution < -0.4 is 5.32 Å². The van der Waals surface area contributed by atoms with E-state index in [0.29, 0.717) is 24.5 Å². The maximum absolute atomic E-state index is 13.2. The predicted molar refractivity (Wildman–Crippen MR) is 122 cm³/mol. The number of carbonyl (C=O) groups excluding carboxylic acids is 1. The third kappa shape index (κ3) is 4.35. The quantitative estimate of drug-likeness (QED) is 0.608. The molecule has 0 aliphatic carbocycles. The van der Waals surface area contributed by atoms with E-state index in [1.54, 1.807) is 14.0 Å². The van der Waals surface area contributed by atoms with Crippen LogP contribution in [-0.4, -0.2) is 54.6 Å². The second-order valence-electron chi connectivity index (χ2n) is 9.49. The Balaban J connectivity index is 1.29. The molecule has 0 saturated carbocycles. The van der Waals surface area contributed by atoms with Crippen molar-refractivity contribution in [2.45, 2.75) is 50.7 Å². The van der Waals surface area contributed by atoms with Crippen molar-refractivity contribution in [2.75, 3.05) is 18.4 Å². The normalized spacial score (nSPS) is 20.6. The van der Waals surface area contributed by atoms with E-state index in [1.807, 2.05) is 11.8 Å². The lowest BCUT2D eigenvalue weighted by Gasteiger charge is -2.36. The van der Waals surface area contributed by atoms with Gasteiger partial charge in [-0.3, -0.25) is 4.79 Å². The van der Waals surface area contributed by atoms with E-state index in [1.165, 1.54) is 16.9 Å². The molecule has 11 heteroatoms. The number of pyridine rings is 1. The molecule has 2 aliphatic rings. The highest BCUT2D eigenvalue weighted by atomic mass is 19.4. The van der Waals surface area contributed by atoms with Crippen LogP contribution in [0.25, 0.3) is 11.4 Å². The van der Waals surface area contributed by atoms with Crippen molar-refractivity contribution >= 4 is 11.7 Å². The fourth-order valence-electron chi connectivity index (χ4n) is 5.00. The number of tetrazole rings is 1. The van der Waals surface area contributed by atoms with Crippen molar-refractivity contribution in [1.82, 2.24) is 30.1 Å². The van der Waals surface area contributed by atoms with Gasteiger partial charge < -0.3 is 10.2 Å². The summed E-state index contributed by atoms with van der Waals surface area (Å²) < 4.78 is 38.6. The third-order valence-electron chi connectivity index (χ3n) is 7.07. The van der Waals surface area contributed by atoms with Crippen molar-refractivity contribution in [2.24, 2.45) is 7.05 Å². The fraction of sp³-hybridized carbons (Fsp3) is 0.458. The Hall–Kier alpha value is -3.50. The number of amides is 1. The molecule has 184 valence electrons. The van der Waals surface area contributed by atoms with Gasteiger partial charge in [0.05, 0.1) is 29.8 Å². The molecule has 1 amide bonds. The van der Waals surface area contributed by atoms with Crippen molar-refractivity contribution in [3.8, 4) is 11.4 Å². The van der Waals surface area contributed by atoms with E-state index in [2.05, 4.69) is 26.8 Å². The number of carbonyl (C=O) groups is 1. The van der Waals surface area contributed by atoms with Gasteiger partial charge in [-0.25, -0.2) is 4.98 Å². The summed E-state index contributed by atoms with van der Waals surface area (Å²) in [6, 6.07) is 6.90. The van der Waals surface area contributed by atoms with E-state index in [4.69, 9.17) is 4.98 Å². The number of halogens is 3. The molecular formula is C24H26F3N7O. The first-order valence-electron chi connectivity index (χ1n) is 11.5. The first-order valence-corrected chi connectivity index (χ1v) is 11.5. The lowest BCUT2D eigenvalue weighted by atomic mass is 9.86. The van der Waals surface area contributed by atoms with Crippen LogP contribution >= 0.6 is 0 Å². The largest absolute Gasteiger partial charge is 0.416 e. The van der Waals surface area contributed by atoms with Gasteiger partial charge in [0, 0.05) is 18.7 Å². The number of aryl methyl sites for hydroxylation is 3. The molecule has 4 heterocycles. The Kier molecular flexibility index (Phi) is 5.52. The number of nitrogens with zero attached hydrogens (tertiary/aromatic N) is 6. The minimum atomic E-state index is -4.39. The van der Waals surface area contributed by atoms with Gasteiger partial charge in [0.2, 0.25) is 11.7 Å². The Bertz CT molecular complexity index is 1270. The van der Waals surface area contributed by atoms with Gasteiger partial charge in [0.1, 0.15) is 5.82 Å². The zero-order valence-corrected chi connectivity index (χ0v) is 19.7. The number of benzene rings is 1. The minimum Gasteiger partial charge on any atom is -0.363 e. The summed E-state index contributed by atoms with van der Waals surface area (Å²) in [7, 11) is 1.72. The molecule has 8 nitrogen and oxygen atoms in total. The Morgan fingerprint density at radius 3 is 2.60 bits per heavy atom. The van der Waals surface area contributed by atoms with Crippen LogP contribution in [0.1, 0.15) is 48.1 Å². The maximum Gasteiger partial charge on any atom is 0.416 e. The topological polar surface area (TPSA) is 88.8 Å². The highest BCUT2D eigenvalue weighted by molar-refractivity contribution is 5.84. The number of fused-ring (bicyclic) bond motifs is 1. The van der Waals surface area contributed by atoms with Crippen LogP contribution in [0.4, 0.5) is 19.0 Å². The monoisotopic (exact) mass is 485 g/mol. The van der Waals surface area contributed by atoms with Crippen LogP contribution in [-0.2, 0) is 24.4 Å². The molecule has 1 aromatic carbocycles. The molecular weight excluding hydrogens is 459 g/mol. The number of hydrogen-bond donors (Lipinski definition) is 1. The Labute approximate surface area is 200 Å². The van der Waals surface area contributed by atoms with Crippen molar-refractivity contribution in [3.63, 3.8) is 0 Å². The molecule has 1 saturated heterocycles. The second-order valence-corrected chi connectivity index (χ2v) is 9.49. The molecule has 2 aromatic heterocycles. The molecule has 1 spiro atoms. The van der Waals surface area contributed by atoms with Gasteiger partial charge in [-0.15, -0.1) is 10.2 Å². The van der Waals surface area contributed by atoms with Gasteiger partial charge in [0.15, 0.2) is 0 Å². The van der Waals surface area contributed by atoms with Crippen LogP contribution in [0.5, 0.6) is 0 Å². The van der Waals surface area contributed by atoms with Crippen LogP contribution in [0.2, 0.25) is 0 Å².